The highest BCUT2D eigenvalue weighted by atomic mass is 32.2. The molecule has 0 spiro atoms. The lowest BCUT2D eigenvalue weighted by molar-refractivity contribution is -0.141. The number of carbonyl (C=O) groups is 1. The first-order valence-electron chi connectivity index (χ1n) is 10.3. The molecule has 12 heteroatoms. The molecule has 0 bridgehead atoms. The van der Waals surface area contributed by atoms with E-state index in [0.717, 1.165) is 4.90 Å². The Morgan fingerprint density at radius 1 is 1.09 bits per heavy atom. The number of sulfone groups is 1. The van der Waals surface area contributed by atoms with Crippen LogP contribution in [-0.4, -0.2) is 43.4 Å². The monoisotopic (exact) mass is 525 g/mol. The van der Waals surface area contributed by atoms with E-state index in [9.17, 15) is 26.4 Å². The highest BCUT2D eigenvalue weighted by Gasteiger charge is 2.35. The molecule has 0 aliphatic carbocycles. The fourth-order valence-electron chi connectivity index (χ4n) is 3.18. The zero-order valence-electron chi connectivity index (χ0n) is 18.8. The summed E-state index contributed by atoms with van der Waals surface area (Å²) in [5.74, 6) is -0.789. The fraction of sp³-hybridized carbons (Fsp3) is 0.261. The quantitative estimate of drug-likeness (QED) is 0.307. The molecule has 0 atom stereocenters. The first-order chi connectivity index (χ1) is 16.5. The third-order valence-electron chi connectivity index (χ3n) is 4.86. The number of hydrogen-bond donors (Lipinski definition) is 1. The smallest absolute Gasteiger partial charge is 0.433 e. The van der Waals surface area contributed by atoms with Crippen LogP contribution in [0.4, 0.5) is 18.9 Å². The molecule has 0 fully saturated rings. The maximum Gasteiger partial charge on any atom is 0.433 e. The molecule has 0 saturated carbocycles. The number of nitrogens with one attached hydrogen (secondary N) is 1. The van der Waals surface area contributed by atoms with E-state index in [2.05, 4.69) is 15.3 Å². The van der Waals surface area contributed by atoms with Gasteiger partial charge in [-0.05, 0) is 43.0 Å². The van der Waals surface area contributed by atoms with Crippen LogP contribution in [0.5, 0.6) is 5.75 Å². The van der Waals surface area contributed by atoms with Crippen LogP contribution in [0.2, 0.25) is 0 Å². The van der Waals surface area contributed by atoms with E-state index in [1.165, 1.54) is 31.0 Å². The van der Waals surface area contributed by atoms with Gasteiger partial charge in [0.15, 0.2) is 0 Å². The van der Waals surface area contributed by atoms with Crippen molar-refractivity contribution in [2.75, 3.05) is 24.4 Å². The first-order valence-corrected chi connectivity index (χ1v) is 13.2. The Hall–Kier alpha value is -3.12. The van der Waals surface area contributed by atoms with E-state index in [1.807, 2.05) is 18.4 Å². The highest BCUT2D eigenvalue weighted by Crippen LogP contribution is 2.34. The molecule has 2 aromatic carbocycles. The van der Waals surface area contributed by atoms with Gasteiger partial charge in [-0.15, -0.1) is 11.8 Å². The number of aromatic nitrogens is 2. The number of anilines is 1. The minimum atomic E-state index is -4.89. The van der Waals surface area contributed by atoms with Gasteiger partial charge in [-0.2, -0.15) is 13.2 Å². The van der Waals surface area contributed by atoms with Gasteiger partial charge in [0.05, 0.1) is 24.2 Å². The number of thioether (sulfide) groups is 1. The molecule has 0 radical (unpaired) electrons. The molecular weight excluding hydrogens is 503 g/mol. The predicted molar refractivity (Wildman–Crippen MR) is 127 cm³/mol. The van der Waals surface area contributed by atoms with Gasteiger partial charge in [0.25, 0.3) is 0 Å². The second kappa shape index (κ2) is 11.1. The van der Waals surface area contributed by atoms with Crippen LogP contribution in [0.25, 0.3) is 11.3 Å². The van der Waals surface area contributed by atoms with E-state index >= 15 is 0 Å². The lowest BCUT2D eigenvalue weighted by atomic mass is 10.1. The summed E-state index contributed by atoms with van der Waals surface area (Å²) in [6.07, 6.45) is -3.32. The van der Waals surface area contributed by atoms with Crippen LogP contribution in [0.3, 0.4) is 0 Å². The third-order valence-corrected chi connectivity index (χ3v) is 7.22. The Balaban J connectivity index is 1.81. The van der Waals surface area contributed by atoms with Crippen molar-refractivity contribution in [2.45, 2.75) is 29.1 Å². The molecular formula is C23H22F3N3O4S2. The largest absolute Gasteiger partial charge is 0.496 e. The number of rotatable bonds is 9. The van der Waals surface area contributed by atoms with Crippen LogP contribution < -0.4 is 10.1 Å². The molecule has 1 aromatic heterocycles. The van der Waals surface area contributed by atoms with Crippen LogP contribution in [-0.2, 0) is 20.8 Å². The van der Waals surface area contributed by atoms with Gasteiger partial charge in [-0.25, -0.2) is 18.4 Å². The molecule has 0 saturated heterocycles. The van der Waals surface area contributed by atoms with Crippen molar-refractivity contribution < 1.29 is 31.1 Å². The Kier molecular flexibility index (Phi) is 8.39. The molecule has 1 heterocycles. The van der Waals surface area contributed by atoms with Crippen molar-refractivity contribution in [1.82, 2.24) is 9.97 Å². The number of hydrogen-bond acceptors (Lipinski definition) is 7. The number of carbonyl (C=O) groups excluding carboxylic acids is 1. The average Bonchev–Trinajstić information content (AvgIpc) is 2.83. The van der Waals surface area contributed by atoms with Crippen LogP contribution >= 0.6 is 11.8 Å². The van der Waals surface area contributed by atoms with Gasteiger partial charge < -0.3 is 10.1 Å². The van der Waals surface area contributed by atoms with Gasteiger partial charge in [-0.1, -0.05) is 24.3 Å². The Labute approximate surface area is 205 Å². The number of amides is 1. The number of ether oxygens (including phenoxy) is 1. The summed E-state index contributed by atoms with van der Waals surface area (Å²) in [4.78, 5) is 20.3. The molecule has 3 aromatic rings. The van der Waals surface area contributed by atoms with Crippen LogP contribution in [0, 0.1) is 0 Å². The molecule has 0 aliphatic heterocycles. The molecule has 1 N–H and O–H groups in total. The Bertz CT molecular complexity index is 1320. The number of alkyl halides is 3. The van der Waals surface area contributed by atoms with E-state index in [4.69, 9.17) is 4.74 Å². The Morgan fingerprint density at radius 2 is 1.77 bits per heavy atom. The zero-order chi connectivity index (χ0) is 25.6. The van der Waals surface area contributed by atoms with E-state index in [1.54, 1.807) is 24.3 Å². The summed E-state index contributed by atoms with van der Waals surface area (Å²) < 4.78 is 71.3. The lowest BCUT2D eigenvalue weighted by Gasteiger charge is -2.13. The number of para-hydroxylation sites is 2. The summed E-state index contributed by atoms with van der Waals surface area (Å²) in [7, 11) is -2.98. The van der Waals surface area contributed by atoms with E-state index < -0.39 is 38.5 Å². The third kappa shape index (κ3) is 6.73. The van der Waals surface area contributed by atoms with Crippen molar-refractivity contribution in [3.63, 3.8) is 0 Å². The normalized spacial score (nSPS) is 11.8. The highest BCUT2D eigenvalue weighted by molar-refractivity contribution is 7.98. The average molecular weight is 526 g/mol. The van der Waals surface area contributed by atoms with Gasteiger partial charge in [0.2, 0.25) is 20.9 Å². The van der Waals surface area contributed by atoms with Crippen molar-refractivity contribution in [3.05, 3.63) is 60.3 Å². The van der Waals surface area contributed by atoms with Gasteiger partial charge in [-0.3, -0.25) is 4.79 Å². The molecule has 35 heavy (non-hydrogen) atoms. The van der Waals surface area contributed by atoms with Gasteiger partial charge in [0, 0.05) is 16.9 Å². The number of methoxy groups -OCH3 is 1. The summed E-state index contributed by atoms with van der Waals surface area (Å²) in [6.45, 7) is 0. The standard InChI is InChI=1S/C23H22F3N3O4S2/c1-33-18-10-5-3-8-15(18)17-14-20(23(24,25)26)29-22(28-17)35(31,32)13-7-12-21(30)27-16-9-4-6-11-19(16)34-2/h3-6,8-11,14H,7,12-13H2,1-2H3,(H,27,30). The minimum absolute atomic E-state index is 0.126. The Morgan fingerprint density at radius 3 is 2.46 bits per heavy atom. The zero-order valence-corrected chi connectivity index (χ0v) is 20.4. The first kappa shape index (κ1) is 26.5. The van der Waals surface area contributed by atoms with E-state index in [0.29, 0.717) is 11.8 Å². The molecule has 7 nitrogen and oxygen atoms in total. The summed E-state index contributed by atoms with van der Waals surface area (Å²) >= 11 is 1.44. The molecule has 0 unspecified atom stereocenters. The molecule has 1 amide bonds. The van der Waals surface area contributed by atoms with Gasteiger partial charge >= 0.3 is 6.18 Å². The summed E-state index contributed by atoms with van der Waals surface area (Å²) in [5, 5.41) is 1.75. The van der Waals surface area contributed by atoms with Crippen LogP contribution in [0.1, 0.15) is 18.5 Å². The summed E-state index contributed by atoms with van der Waals surface area (Å²) in [6, 6.07) is 14.0. The van der Waals surface area contributed by atoms with E-state index in [-0.39, 0.29) is 29.8 Å². The van der Waals surface area contributed by atoms with Crippen molar-refractivity contribution >= 4 is 33.2 Å². The fourth-order valence-corrected chi connectivity index (χ4v) is 4.91. The van der Waals surface area contributed by atoms with Crippen molar-refractivity contribution in [1.29, 1.82) is 0 Å². The van der Waals surface area contributed by atoms with Gasteiger partial charge in [0.1, 0.15) is 11.4 Å². The number of halogens is 3. The minimum Gasteiger partial charge on any atom is -0.496 e. The maximum absolute atomic E-state index is 13.5. The second-order valence-electron chi connectivity index (χ2n) is 7.29. The number of benzene rings is 2. The summed E-state index contributed by atoms with van der Waals surface area (Å²) in [5.41, 5.74) is -0.852. The molecule has 3 rings (SSSR count). The molecule has 186 valence electrons. The topological polar surface area (TPSA) is 98.2 Å². The van der Waals surface area contributed by atoms with Crippen molar-refractivity contribution in [2.24, 2.45) is 0 Å². The second-order valence-corrected chi connectivity index (χ2v) is 10.1. The lowest BCUT2D eigenvalue weighted by Crippen LogP contribution is -2.18. The predicted octanol–water partition coefficient (Wildman–Crippen LogP) is 5.09. The maximum atomic E-state index is 13.5. The van der Waals surface area contributed by atoms with Crippen LogP contribution in [0.15, 0.2) is 64.6 Å². The molecule has 0 aliphatic rings. The SMILES string of the molecule is COc1ccccc1-c1cc(C(F)(F)F)nc(S(=O)(=O)CCCC(=O)Nc2ccccc2SC)n1. The number of nitrogens with zero attached hydrogens (tertiary/aromatic N) is 2. The van der Waals surface area contributed by atoms with Crippen molar-refractivity contribution in [3.8, 4) is 17.0 Å².